The molecular formula is C18H25F2N3O2. The average Bonchev–Trinajstić information content (AvgIpc) is 3.26. The lowest BCUT2D eigenvalue weighted by Gasteiger charge is -2.39. The molecule has 138 valence electrons. The fourth-order valence-corrected chi connectivity index (χ4v) is 3.97. The van der Waals surface area contributed by atoms with Crippen molar-refractivity contribution in [2.24, 2.45) is 0 Å². The number of ether oxygens (including phenoxy) is 1. The first-order chi connectivity index (χ1) is 12.1. The van der Waals surface area contributed by atoms with Crippen molar-refractivity contribution in [1.29, 1.82) is 0 Å². The van der Waals surface area contributed by atoms with E-state index in [0.29, 0.717) is 12.2 Å². The Morgan fingerprint density at radius 3 is 2.36 bits per heavy atom. The van der Waals surface area contributed by atoms with E-state index >= 15 is 0 Å². The number of halogens is 2. The van der Waals surface area contributed by atoms with Crippen LogP contribution in [0.25, 0.3) is 0 Å². The zero-order valence-electron chi connectivity index (χ0n) is 14.3. The van der Waals surface area contributed by atoms with Crippen molar-refractivity contribution < 1.29 is 18.3 Å². The third-order valence-electron chi connectivity index (χ3n) is 5.23. The monoisotopic (exact) mass is 353 g/mol. The van der Waals surface area contributed by atoms with Gasteiger partial charge < -0.3 is 15.4 Å². The topological polar surface area (TPSA) is 53.6 Å². The van der Waals surface area contributed by atoms with Crippen LogP contribution in [-0.4, -0.2) is 42.7 Å². The van der Waals surface area contributed by atoms with E-state index in [1.54, 1.807) is 12.1 Å². The van der Waals surface area contributed by atoms with Crippen molar-refractivity contribution in [3.05, 3.63) is 24.3 Å². The summed E-state index contributed by atoms with van der Waals surface area (Å²) in [5.74, 6) is 0.0694. The molecule has 2 aliphatic rings. The molecule has 2 amide bonds. The molecule has 0 unspecified atom stereocenters. The Bertz CT molecular complexity index is 568. The maximum Gasteiger partial charge on any atom is 0.387 e. The van der Waals surface area contributed by atoms with Crippen LogP contribution >= 0.6 is 0 Å². The maximum atomic E-state index is 12.2. The molecule has 0 aromatic heterocycles. The van der Waals surface area contributed by atoms with Gasteiger partial charge in [-0.2, -0.15) is 8.78 Å². The third kappa shape index (κ3) is 4.60. The quantitative estimate of drug-likeness (QED) is 0.817. The van der Waals surface area contributed by atoms with E-state index < -0.39 is 6.61 Å². The number of urea groups is 1. The smallest absolute Gasteiger partial charge is 0.387 e. The minimum atomic E-state index is -2.85. The van der Waals surface area contributed by atoms with E-state index in [2.05, 4.69) is 20.3 Å². The molecule has 25 heavy (non-hydrogen) atoms. The highest BCUT2D eigenvalue weighted by atomic mass is 19.3. The summed E-state index contributed by atoms with van der Waals surface area (Å²) in [6.07, 6.45) is 7.17. The van der Waals surface area contributed by atoms with Gasteiger partial charge in [0.05, 0.1) is 0 Å². The lowest BCUT2D eigenvalue weighted by molar-refractivity contribution is -0.0498. The number of nitrogens with one attached hydrogen (secondary N) is 2. The molecule has 3 rings (SSSR count). The number of hydrogen-bond acceptors (Lipinski definition) is 3. The number of nitrogens with zero attached hydrogens (tertiary/aromatic N) is 1. The Kier molecular flexibility index (Phi) is 5.73. The van der Waals surface area contributed by atoms with Crippen molar-refractivity contribution in [3.8, 4) is 5.75 Å². The molecule has 5 nitrogen and oxygen atoms in total. The van der Waals surface area contributed by atoms with Crippen molar-refractivity contribution in [2.75, 3.05) is 25.0 Å². The number of benzene rings is 1. The van der Waals surface area contributed by atoms with Crippen molar-refractivity contribution >= 4 is 11.7 Å². The molecule has 1 aliphatic heterocycles. The van der Waals surface area contributed by atoms with Crippen molar-refractivity contribution in [3.63, 3.8) is 0 Å². The number of rotatable bonds is 6. The first kappa shape index (κ1) is 17.9. The SMILES string of the molecule is O=C(NCC1(N2CCCC2)CCCC1)Nc1ccc(OC(F)F)cc1. The van der Waals surface area contributed by atoms with Crippen LogP contribution in [0.4, 0.5) is 19.3 Å². The van der Waals surface area contributed by atoms with Crippen LogP contribution in [0.1, 0.15) is 38.5 Å². The number of amides is 2. The van der Waals surface area contributed by atoms with Gasteiger partial charge in [0, 0.05) is 17.8 Å². The summed E-state index contributed by atoms with van der Waals surface area (Å²) in [5.41, 5.74) is 0.642. The van der Waals surface area contributed by atoms with Crippen LogP contribution < -0.4 is 15.4 Å². The summed E-state index contributed by atoms with van der Waals surface area (Å²) < 4.78 is 28.6. The van der Waals surface area contributed by atoms with Gasteiger partial charge in [-0.3, -0.25) is 4.90 Å². The minimum Gasteiger partial charge on any atom is -0.435 e. The van der Waals surface area contributed by atoms with Crippen LogP contribution in [0.3, 0.4) is 0 Å². The highest BCUT2D eigenvalue weighted by Gasteiger charge is 2.40. The fourth-order valence-electron chi connectivity index (χ4n) is 3.97. The second-order valence-corrected chi connectivity index (χ2v) is 6.84. The molecule has 0 atom stereocenters. The van der Waals surface area contributed by atoms with Gasteiger partial charge in [0.15, 0.2) is 0 Å². The molecule has 1 aliphatic carbocycles. The summed E-state index contributed by atoms with van der Waals surface area (Å²) in [5, 5.41) is 5.74. The van der Waals surface area contributed by atoms with Gasteiger partial charge in [0.1, 0.15) is 5.75 Å². The van der Waals surface area contributed by atoms with Gasteiger partial charge in [-0.1, -0.05) is 12.8 Å². The summed E-state index contributed by atoms with van der Waals surface area (Å²) in [7, 11) is 0. The molecule has 1 heterocycles. The molecule has 0 bridgehead atoms. The summed E-state index contributed by atoms with van der Waals surface area (Å²) >= 11 is 0. The van der Waals surface area contributed by atoms with Gasteiger partial charge in [0.25, 0.3) is 0 Å². The Morgan fingerprint density at radius 2 is 1.76 bits per heavy atom. The summed E-state index contributed by atoms with van der Waals surface area (Å²) in [6, 6.07) is 5.63. The van der Waals surface area contributed by atoms with E-state index in [9.17, 15) is 13.6 Å². The number of likely N-dealkylation sites (tertiary alicyclic amines) is 1. The summed E-state index contributed by atoms with van der Waals surface area (Å²) in [4.78, 5) is 14.7. The maximum absolute atomic E-state index is 12.2. The van der Waals surface area contributed by atoms with E-state index in [-0.39, 0.29) is 17.3 Å². The first-order valence-corrected chi connectivity index (χ1v) is 8.92. The summed E-state index contributed by atoms with van der Waals surface area (Å²) in [6.45, 7) is 0.0326. The number of anilines is 1. The van der Waals surface area contributed by atoms with Crippen LogP contribution in [0.2, 0.25) is 0 Å². The zero-order chi connectivity index (χ0) is 17.7. The van der Waals surface area contributed by atoms with Gasteiger partial charge >= 0.3 is 12.6 Å². The molecule has 2 fully saturated rings. The Morgan fingerprint density at radius 1 is 1.12 bits per heavy atom. The van der Waals surface area contributed by atoms with Crippen LogP contribution in [0.15, 0.2) is 24.3 Å². The lowest BCUT2D eigenvalue weighted by Crippen LogP contribution is -2.53. The van der Waals surface area contributed by atoms with Gasteiger partial charge in [-0.15, -0.1) is 0 Å². The Labute approximate surface area is 146 Å². The molecule has 1 aromatic carbocycles. The standard InChI is InChI=1S/C18H25F2N3O2/c19-16(20)25-15-7-5-14(6-8-15)22-17(24)21-13-18(9-1-2-10-18)23-11-3-4-12-23/h5-8,16H,1-4,9-13H2,(H2,21,22,24). The Hall–Kier alpha value is -1.89. The normalized spacial score (nSPS) is 20.0. The highest BCUT2D eigenvalue weighted by Crippen LogP contribution is 2.36. The van der Waals surface area contributed by atoms with Crippen LogP contribution in [0, 0.1) is 0 Å². The molecule has 7 heteroatoms. The van der Waals surface area contributed by atoms with Gasteiger partial charge in [-0.25, -0.2) is 4.79 Å². The van der Waals surface area contributed by atoms with Crippen LogP contribution in [-0.2, 0) is 0 Å². The van der Waals surface area contributed by atoms with Crippen LogP contribution in [0.5, 0.6) is 5.75 Å². The fraction of sp³-hybridized carbons (Fsp3) is 0.611. The second-order valence-electron chi connectivity index (χ2n) is 6.84. The van der Waals surface area contributed by atoms with E-state index in [4.69, 9.17) is 0 Å². The molecule has 0 spiro atoms. The highest BCUT2D eigenvalue weighted by molar-refractivity contribution is 5.89. The molecule has 1 saturated heterocycles. The first-order valence-electron chi connectivity index (χ1n) is 8.92. The molecule has 1 aromatic rings. The third-order valence-corrected chi connectivity index (χ3v) is 5.23. The largest absolute Gasteiger partial charge is 0.435 e. The predicted octanol–water partition coefficient (Wildman–Crippen LogP) is 3.82. The number of carbonyl (C=O) groups excluding carboxylic acids is 1. The number of carbonyl (C=O) groups is 1. The van der Waals surface area contributed by atoms with Gasteiger partial charge in [0.2, 0.25) is 0 Å². The molecule has 0 radical (unpaired) electrons. The number of alkyl halides is 2. The molecule has 1 saturated carbocycles. The Balaban J connectivity index is 1.51. The molecular weight excluding hydrogens is 328 g/mol. The predicted molar refractivity (Wildman–Crippen MR) is 92.1 cm³/mol. The average molecular weight is 353 g/mol. The molecule has 2 N–H and O–H groups in total. The van der Waals surface area contributed by atoms with E-state index in [1.807, 2.05) is 0 Å². The number of hydrogen-bond donors (Lipinski definition) is 2. The van der Waals surface area contributed by atoms with E-state index in [1.165, 1.54) is 37.8 Å². The van der Waals surface area contributed by atoms with Gasteiger partial charge in [-0.05, 0) is 63.0 Å². The lowest BCUT2D eigenvalue weighted by atomic mass is 9.95. The van der Waals surface area contributed by atoms with Crippen molar-refractivity contribution in [1.82, 2.24) is 10.2 Å². The zero-order valence-corrected chi connectivity index (χ0v) is 14.3. The minimum absolute atomic E-state index is 0.0694. The van der Waals surface area contributed by atoms with Crippen molar-refractivity contribution in [2.45, 2.75) is 50.7 Å². The second kappa shape index (κ2) is 7.99. The van der Waals surface area contributed by atoms with E-state index in [0.717, 1.165) is 25.9 Å².